The first-order valence-electron chi connectivity index (χ1n) is 2.05. The molecule has 1 aromatic rings. The minimum absolute atomic E-state index is 0.149. The van der Waals surface area contributed by atoms with Crippen molar-refractivity contribution in [1.29, 1.82) is 0 Å². The van der Waals surface area contributed by atoms with Gasteiger partial charge in [-0.2, -0.15) is 5.10 Å². The summed E-state index contributed by atoms with van der Waals surface area (Å²) in [7, 11) is 1.26. The van der Waals surface area contributed by atoms with Gasteiger partial charge in [-0.3, -0.25) is 5.10 Å². The lowest BCUT2D eigenvalue weighted by Crippen LogP contribution is -1.89. The second-order valence-corrected chi connectivity index (χ2v) is 3.86. The van der Waals surface area contributed by atoms with E-state index in [2.05, 4.69) is 10.2 Å². The summed E-state index contributed by atoms with van der Waals surface area (Å²) in [6.07, 6.45) is 1.38. The molecule has 0 aromatic carbocycles. The van der Waals surface area contributed by atoms with Crippen LogP contribution in [-0.2, 0) is 9.05 Å². The van der Waals surface area contributed by atoms with Crippen LogP contribution < -0.4 is 0 Å². The van der Waals surface area contributed by atoms with Crippen molar-refractivity contribution >= 4 is 19.7 Å². The first-order chi connectivity index (χ1) is 4.11. The summed E-state index contributed by atoms with van der Waals surface area (Å²) in [4.78, 5) is 0. The molecule has 0 saturated heterocycles. The Hall–Kier alpha value is -0.550. The topological polar surface area (TPSA) is 62.8 Å². The molecule has 50 valence electrons. The van der Waals surface area contributed by atoms with Crippen molar-refractivity contribution in [3.63, 3.8) is 0 Å². The lowest BCUT2D eigenvalue weighted by molar-refractivity contribution is 0.605. The molecular formula is C3H3ClN2O2S. The van der Waals surface area contributed by atoms with Crippen LogP contribution in [-0.4, -0.2) is 18.6 Å². The third-order valence-corrected chi connectivity index (χ3v) is 1.93. The van der Waals surface area contributed by atoms with E-state index in [1.165, 1.54) is 12.3 Å². The minimum Gasteiger partial charge on any atom is -0.284 e. The van der Waals surface area contributed by atoms with Crippen LogP contribution in [0.25, 0.3) is 0 Å². The van der Waals surface area contributed by atoms with Gasteiger partial charge in [0.05, 0.1) is 0 Å². The molecule has 1 aromatic heterocycles. The second-order valence-electron chi connectivity index (χ2n) is 1.35. The highest BCUT2D eigenvalue weighted by Crippen LogP contribution is 2.08. The molecule has 4 nitrogen and oxygen atoms in total. The summed E-state index contributed by atoms with van der Waals surface area (Å²) in [5.41, 5.74) is 0. The highest BCUT2D eigenvalue weighted by atomic mass is 35.7. The molecule has 0 fully saturated rings. The van der Waals surface area contributed by atoms with Crippen LogP contribution in [0.5, 0.6) is 0 Å². The summed E-state index contributed by atoms with van der Waals surface area (Å²) >= 11 is 0. The molecule has 0 spiro atoms. The quantitative estimate of drug-likeness (QED) is 0.612. The molecule has 0 atom stereocenters. The molecule has 1 N–H and O–H groups in total. The summed E-state index contributed by atoms with van der Waals surface area (Å²) in [5, 5.41) is 5.52. The fourth-order valence-electron chi connectivity index (χ4n) is 0.383. The van der Waals surface area contributed by atoms with Crippen molar-refractivity contribution in [2.24, 2.45) is 0 Å². The number of nitrogens with one attached hydrogen (secondary N) is 1. The predicted octanol–water partition coefficient (Wildman–Crippen LogP) is 0.337. The molecule has 1 rings (SSSR count). The fourth-order valence-corrected chi connectivity index (χ4v) is 1.03. The number of H-pyrrole nitrogens is 1. The van der Waals surface area contributed by atoms with E-state index in [1.807, 2.05) is 0 Å². The zero-order valence-corrected chi connectivity index (χ0v) is 5.78. The maximum absolute atomic E-state index is 10.4. The van der Waals surface area contributed by atoms with Gasteiger partial charge >= 0.3 is 0 Å². The number of aromatic amines is 1. The van der Waals surface area contributed by atoms with Gasteiger partial charge in [0.1, 0.15) is 0 Å². The van der Waals surface area contributed by atoms with E-state index in [1.54, 1.807) is 0 Å². The van der Waals surface area contributed by atoms with Crippen molar-refractivity contribution < 1.29 is 8.42 Å². The van der Waals surface area contributed by atoms with Gasteiger partial charge in [-0.25, -0.2) is 8.42 Å². The zero-order valence-electron chi connectivity index (χ0n) is 4.20. The van der Waals surface area contributed by atoms with Crippen molar-refractivity contribution in [3.8, 4) is 0 Å². The van der Waals surface area contributed by atoms with E-state index in [9.17, 15) is 8.42 Å². The first kappa shape index (κ1) is 6.57. The van der Waals surface area contributed by atoms with Gasteiger partial charge in [-0.15, -0.1) is 0 Å². The number of rotatable bonds is 1. The average molecular weight is 167 g/mol. The molecule has 0 unspecified atom stereocenters. The average Bonchev–Trinajstić information content (AvgIpc) is 2.08. The van der Waals surface area contributed by atoms with Gasteiger partial charge in [0, 0.05) is 16.9 Å². The Morgan fingerprint density at radius 2 is 2.33 bits per heavy atom. The Kier molecular flexibility index (Phi) is 1.46. The predicted molar refractivity (Wildman–Crippen MR) is 31.6 cm³/mol. The van der Waals surface area contributed by atoms with Crippen LogP contribution >= 0.6 is 10.7 Å². The largest absolute Gasteiger partial charge is 0.284 e. The minimum atomic E-state index is -3.63. The summed E-state index contributed by atoms with van der Waals surface area (Å²) in [6.45, 7) is 0. The second kappa shape index (κ2) is 2.00. The van der Waals surface area contributed by atoms with Crippen molar-refractivity contribution in [1.82, 2.24) is 10.2 Å². The van der Waals surface area contributed by atoms with Crippen LogP contribution in [0.4, 0.5) is 0 Å². The number of hydrogen-bond donors (Lipinski definition) is 1. The molecule has 6 heteroatoms. The number of halogens is 1. The number of aromatic nitrogens is 2. The molecular weight excluding hydrogens is 164 g/mol. The van der Waals surface area contributed by atoms with Gasteiger partial charge in [-0.05, 0) is 6.07 Å². The molecule has 0 aliphatic heterocycles. The summed E-state index contributed by atoms with van der Waals surface area (Å²) in [6, 6.07) is 1.28. The van der Waals surface area contributed by atoms with E-state index in [-0.39, 0.29) is 5.03 Å². The smallest absolute Gasteiger partial charge is 0.280 e. The van der Waals surface area contributed by atoms with Gasteiger partial charge in [0.25, 0.3) is 9.05 Å². The first-order valence-corrected chi connectivity index (χ1v) is 4.36. The van der Waals surface area contributed by atoms with Crippen molar-refractivity contribution in [2.75, 3.05) is 0 Å². The standard InChI is InChI=1S/C3H3ClN2O2S/c4-9(7,8)3-1-2-5-6-3/h1-2H,(H,5,6). The highest BCUT2D eigenvalue weighted by molar-refractivity contribution is 8.13. The Morgan fingerprint density at radius 3 is 2.56 bits per heavy atom. The van der Waals surface area contributed by atoms with E-state index in [4.69, 9.17) is 10.7 Å². The summed E-state index contributed by atoms with van der Waals surface area (Å²) in [5.74, 6) is 0. The monoisotopic (exact) mass is 166 g/mol. The van der Waals surface area contributed by atoms with E-state index >= 15 is 0 Å². The third kappa shape index (κ3) is 1.43. The van der Waals surface area contributed by atoms with Crippen molar-refractivity contribution in [3.05, 3.63) is 12.3 Å². The zero-order chi connectivity index (χ0) is 6.91. The van der Waals surface area contributed by atoms with Crippen LogP contribution in [0.3, 0.4) is 0 Å². The third-order valence-electron chi connectivity index (χ3n) is 0.725. The summed E-state index contributed by atoms with van der Waals surface area (Å²) < 4.78 is 20.8. The van der Waals surface area contributed by atoms with Gasteiger partial charge < -0.3 is 0 Å². The maximum Gasteiger partial charge on any atom is 0.280 e. The van der Waals surface area contributed by atoms with Crippen LogP contribution in [0.1, 0.15) is 0 Å². The molecule has 0 saturated carbocycles. The molecule has 1 heterocycles. The van der Waals surface area contributed by atoms with Crippen LogP contribution in [0, 0.1) is 0 Å². The molecule has 0 aliphatic rings. The fraction of sp³-hybridized carbons (Fsp3) is 0. The molecule has 0 radical (unpaired) electrons. The number of hydrogen-bond acceptors (Lipinski definition) is 3. The molecule has 0 amide bonds. The van der Waals surface area contributed by atoms with E-state index in [0.717, 1.165) is 0 Å². The normalized spacial score (nSPS) is 11.7. The Balaban J connectivity index is 3.20. The Morgan fingerprint density at radius 1 is 1.67 bits per heavy atom. The lowest BCUT2D eigenvalue weighted by atomic mass is 10.8. The van der Waals surface area contributed by atoms with Gasteiger partial charge in [0.2, 0.25) is 0 Å². The highest BCUT2D eigenvalue weighted by Gasteiger charge is 2.10. The van der Waals surface area contributed by atoms with Gasteiger partial charge in [-0.1, -0.05) is 0 Å². The number of nitrogens with zero attached hydrogens (tertiary/aromatic N) is 1. The maximum atomic E-state index is 10.4. The Bertz CT molecular complexity index is 277. The van der Waals surface area contributed by atoms with Crippen LogP contribution in [0.2, 0.25) is 0 Å². The van der Waals surface area contributed by atoms with E-state index in [0.29, 0.717) is 0 Å². The van der Waals surface area contributed by atoms with Crippen molar-refractivity contribution in [2.45, 2.75) is 5.03 Å². The SMILES string of the molecule is O=S(=O)(Cl)c1cc[nH]n1. The molecule has 9 heavy (non-hydrogen) atoms. The lowest BCUT2D eigenvalue weighted by Gasteiger charge is -1.81. The molecule has 0 aliphatic carbocycles. The van der Waals surface area contributed by atoms with Crippen LogP contribution in [0.15, 0.2) is 17.3 Å². The molecule has 0 bridgehead atoms. The van der Waals surface area contributed by atoms with E-state index < -0.39 is 9.05 Å². The van der Waals surface area contributed by atoms with Gasteiger partial charge in [0.15, 0.2) is 5.03 Å². The Labute approximate surface area is 56.3 Å².